The van der Waals surface area contributed by atoms with Crippen LogP contribution in [-0.2, 0) is 10.2 Å². The van der Waals surface area contributed by atoms with E-state index in [1.807, 2.05) is 0 Å². The minimum Gasteiger partial charge on any atom is -0.381 e. The Balaban J connectivity index is 1.22. The van der Waals surface area contributed by atoms with Crippen molar-refractivity contribution in [1.29, 1.82) is 0 Å². The molecule has 4 bridgehead atoms. The van der Waals surface area contributed by atoms with Gasteiger partial charge in [-0.3, -0.25) is 9.59 Å². The summed E-state index contributed by atoms with van der Waals surface area (Å²) in [7, 11) is 0. The molecule has 5 fully saturated rings. The highest BCUT2D eigenvalue weighted by Crippen LogP contribution is 2.59. The molecule has 6 rings (SSSR count). The predicted molar refractivity (Wildman–Crippen MR) is 105 cm³/mol. The number of nitrogens with one attached hydrogen (secondary N) is 2. The van der Waals surface area contributed by atoms with Gasteiger partial charge in [0.1, 0.15) is 11.4 Å². The summed E-state index contributed by atoms with van der Waals surface area (Å²) in [5.41, 5.74) is -0.105. The van der Waals surface area contributed by atoms with E-state index >= 15 is 0 Å². The highest BCUT2D eigenvalue weighted by Gasteiger charge is 2.52. The number of rotatable bonds is 6. The molecule has 1 aliphatic heterocycles. The SMILES string of the molecule is O=C(NCCC[C@@H]1CCOC1)c1cnc(C23CC4CC(CC(C4)C2)C3)[nH]c1=O. The molecule has 2 N–H and O–H groups in total. The molecular formula is C22H31N3O3. The van der Waals surface area contributed by atoms with Crippen LogP contribution in [0.4, 0.5) is 0 Å². The Labute approximate surface area is 165 Å². The first-order valence-corrected chi connectivity index (χ1v) is 11.1. The lowest BCUT2D eigenvalue weighted by atomic mass is 9.49. The Morgan fingerprint density at radius 2 is 1.93 bits per heavy atom. The number of aromatic amines is 1. The molecule has 1 saturated heterocycles. The van der Waals surface area contributed by atoms with Gasteiger partial charge in [-0.15, -0.1) is 0 Å². The molecule has 6 nitrogen and oxygen atoms in total. The van der Waals surface area contributed by atoms with Crippen LogP contribution in [0.3, 0.4) is 0 Å². The van der Waals surface area contributed by atoms with E-state index in [-0.39, 0.29) is 22.4 Å². The molecule has 152 valence electrons. The number of nitrogens with zero attached hydrogens (tertiary/aromatic N) is 1. The molecule has 0 spiro atoms. The third kappa shape index (κ3) is 3.40. The van der Waals surface area contributed by atoms with Crippen LogP contribution in [-0.4, -0.2) is 35.6 Å². The van der Waals surface area contributed by atoms with Crippen molar-refractivity contribution in [1.82, 2.24) is 15.3 Å². The molecule has 4 aliphatic carbocycles. The van der Waals surface area contributed by atoms with Crippen LogP contribution in [0.25, 0.3) is 0 Å². The Bertz CT molecular complexity index is 761. The van der Waals surface area contributed by atoms with Gasteiger partial charge in [-0.25, -0.2) is 4.98 Å². The van der Waals surface area contributed by atoms with Gasteiger partial charge in [-0.05, 0) is 81.5 Å². The second kappa shape index (κ2) is 7.29. The Kier molecular flexibility index (Phi) is 4.77. The zero-order valence-electron chi connectivity index (χ0n) is 16.5. The van der Waals surface area contributed by atoms with Gasteiger partial charge in [0.2, 0.25) is 0 Å². The van der Waals surface area contributed by atoms with Crippen molar-refractivity contribution < 1.29 is 9.53 Å². The van der Waals surface area contributed by atoms with Crippen LogP contribution >= 0.6 is 0 Å². The van der Waals surface area contributed by atoms with Gasteiger partial charge in [-0.1, -0.05) is 0 Å². The molecule has 1 aromatic rings. The summed E-state index contributed by atoms with van der Waals surface area (Å²) in [6, 6.07) is 0. The maximum absolute atomic E-state index is 12.6. The van der Waals surface area contributed by atoms with E-state index in [1.54, 1.807) is 0 Å². The van der Waals surface area contributed by atoms with E-state index in [9.17, 15) is 9.59 Å². The average molecular weight is 386 g/mol. The molecule has 6 heteroatoms. The van der Waals surface area contributed by atoms with Crippen LogP contribution in [0.2, 0.25) is 0 Å². The lowest BCUT2D eigenvalue weighted by Gasteiger charge is -2.56. The first-order valence-electron chi connectivity index (χ1n) is 11.1. The zero-order chi connectivity index (χ0) is 19.1. The average Bonchev–Trinajstić information content (AvgIpc) is 3.17. The van der Waals surface area contributed by atoms with E-state index in [0.717, 1.165) is 75.3 Å². The molecule has 4 saturated carbocycles. The maximum Gasteiger partial charge on any atom is 0.263 e. The highest BCUT2D eigenvalue weighted by atomic mass is 16.5. The maximum atomic E-state index is 12.6. The van der Waals surface area contributed by atoms with Gasteiger partial charge >= 0.3 is 0 Å². The Hall–Kier alpha value is -1.69. The first kappa shape index (κ1) is 18.3. The second-order valence-electron chi connectivity index (χ2n) is 9.80. The van der Waals surface area contributed by atoms with Crippen LogP contribution < -0.4 is 10.9 Å². The molecule has 0 unspecified atom stereocenters. The molecular weight excluding hydrogens is 354 g/mol. The highest BCUT2D eigenvalue weighted by molar-refractivity contribution is 5.93. The van der Waals surface area contributed by atoms with Gasteiger partial charge in [0.05, 0.1) is 0 Å². The molecule has 0 radical (unpaired) electrons. The van der Waals surface area contributed by atoms with Crippen molar-refractivity contribution in [3.05, 3.63) is 27.9 Å². The summed E-state index contributed by atoms with van der Waals surface area (Å²) in [5.74, 6) is 3.52. The standard InChI is InChI=1S/C22H31N3O3/c26-19(23-4-1-2-14-3-5-28-13-14)18-12-24-21(25-20(18)27)22-9-15-6-16(10-22)8-17(7-15)11-22/h12,14-17H,1-11,13H2,(H,23,26)(H,24,25,27)/t14-,15?,16?,17?,22?/m1/s1. The van der Waals surface area contributed by atoms with E-state index in [1.165, 1.54) is 25.5 Å². The summed E-state index contributed by atoms with van der Waals surface area (Å²) in [6.45, 7) is 2.28. The van der Waals surface area contributed by atoms with E-state index in [2.05, 4.69) is 15.3 Å². The van der Waals surface area contributed by atoms with Gasteiger partial charge < -0.3 is 15.0 Å². The van der Waals surface area contributed by atoms with Crippen LogP contribution in [0, 0.1) is 23.7 Å². The summed E-state index contributed by atoms with van der Waals surface area (Å²) < 4.78 is 5.38. The smallest absolute Gasteiger partial charge is 0.263 e. The van der Waals surface area contributed by atoms with E-state index in [0.29, 0.717) is 12.5 Å². The third-order valence-electron chi connectivity index (χ3n) is 7.68. The van der Waals surface area contributed by atoms with Crippen molar-refractivity contribution in [2.24, 2.45) is 23.7 Å². The number of aromatic nitrogens is 2. The van der Waals surface area contributed by atoms with Gasteiger partial charge in [0.25, 0.3) is 11.5 Å². The normalized spacial score (nSPS) is 36.0. The lowest BCUT2D eigenvalue weighted by Crippen LogP contribution is -2.50. The zero-order valence-corrected chi connectivity index (χ0v) is 16.5. The Morgan fingerprint density at radius 1 is 1.21 bits per heavy atom. The molecule has 1 atom stereocenters. The number of ether oxygens (including phenoxy) is 1. The fraction of sp³-hybridized carbons (Fsp3) is 0.773. The first-order chi connectivity index (χ1) is 13.6. The molecule has 5 aliphatic rings. The van der Waals surface area contributed by atoms with Crippen LogP contribution in [0.1, 0.15) is 74.0 Å². The fourth-order valence-electron chi connectivity index (χ4n) is 6.73. The molecule has 0 aromatic carbocycles. The molecule has 28 heavy (non-hydrogen) atoms. The Morgan fingerprint density at radius 3 is 2.54 bits per heavy atom. The quantitative estimate of drug-likeness (QED) is 0.738. The van der Waals surface area contributed by atoms with Crippen molar-refractivity contribution in [2.45, 2.75) is 63.2 Å². The molecule has 1 amide bonds. The number of amides is 1. The fourth-order valence-corrected chi connectivity index (χ4v) is 6.73. The predicted octanol–water partition coefficient (Wildman–Crippen LogP) is 2.78. The van der Waals surface area contributed by atoms with Crippen LogP contribution in [0.5, 0.6) is 0 Å². The topological polar surface area (TPSA) is 84.1 Å². The van der Waals surface area contributed by atoms with Crippen molar-refractivity contribution in [2.75, 3.05) is 19.8 Å². The van der Waals surface area contributed by atoms with E-state index in [4.69, 9.17) is 4.74 Å². The van der Waals surface area contributed by atoms with Gasteiger partial charge in [0, 0.05) is 31.4 Å². The monoisotopic (exact) mass is 385 g/mol. The minimum absolute atomic E-state index is 0.0479. The molecule has 1 aromatic heterocycles. The summed E-state index contributed by atoms with van der Waals surface area (Å²) in [6.07, 6.45) is 12.1. The minimum atomic E-state index is -0.312. The number of hydrogen-bond acceptors (Lipinski definition) is 4. The van der Waals surface area contributed by atoms with Crippen molar-refractivity contribution in [3.8, 4) is 0 Å². The van der Waals surface area contributed by atoms with Crippen molar-refractivity contribution >= 4 is 5.91 Å². The number of carbonyl (C=O) groups is 1. The van der Waals surface area contributed by atoms with Crippen molar-refractivity contribution in [3.63, 3.8) is 0 Å². The largest absolute Gasteiger partial charge is 0.381 e. The molecule has 2 heterocycles. The second-order valence-corrected chi connectivity index (χ2v) is 9.80. The number of H-pyrrole nitrogens is 1. The van der Waals surface area contributed by atoms with Crippen LogP contribution in [0.15, 0.2) is 11.0 Å². The number of hydrogen-bond donors (Lipinski definition) is 2. The number of carbonyl (C=O) groups excluding carboxylic acids is 1. The van der Waals surface area contributed by atoms with E-state index < -0.39 is 0 Å². The summed E-state index contributed by atoms with van der Waals surface area (Å²) >= 11 is 0. The lowest BCUT2D eigenvalue weighted by molar-refractivity contribution is -0.00953. The van der Waals surface area contributed by atoms with Gasteiger partial charge in [0.15, 0.2) is 0 Å². The summed E-state index contributed by atoms with van der Waals surface area (Å²) in [5, 5.41) is 2.88. The van der Waals surface area contributed by atoms with Gasteiger partial charge in [-0.2, -0.15) is 0 Å². The summed E-state index contributed by atoms with van der Waals surface area (Å²) in [4.78, 5) is 32.7. The third-order valence-corrected chi connectivity index (χ3v) is 7.68.